The summed E-state index contributed by atoms with van der Waals surface area (Å²) in [6, 6.07) is 0. The van der Waals surface area contributed by atoms with Crippen LogP contribution in [0.5, 0.6) is 0 Å². The maximum Gasteiger partial charge on any atom is 0.251 e. The van der Waals surface area contributed by atoms with Gasteiger partial charge < -0.3 is 4.90 Å². The Bertz CT molecular complexity index is 514. The lowest BCUT2D eigenvalue weighted by molar-refractivity contribution is -0.134. The Balaban J connectivity index is 1.50. The third kappa shape index (κ3) is 3.15. The van der Waals surface area contributed by atoms with Gasteiger partial charge in [0.05, 0.1) is 0 Å². The molecule has 1 aliphatic heterocycles. The van der Waals surface area contributed by atoms with Gasteiger partial charge in [0.2, 0.25) is 0 Å². The maximum atomic E-state index is 13.1. The zero-order valence-electron chi connectivity index (χ0n) is 15.5. The quantitative estimate of drug-likeness (QED) is 0.746. The zero-order valence-corrected chi connectivity index (χ0v) is 16.3. The molecule has 0 aromatic rings. The summed E-state index contributed by atoms with van der Waals surface area (Å²) >= 11 is 1.81. The molecule has 0 N–H and O–H groups in total. The average molecular weight is 349 g/mol. The summed E-state index contributed by atoms with van der Waals surface area (Å²) in [4.78, 5) is 20.2. The smallest absolute Gasteiger partial charge is 0.251 e. The molecule has 134 valence electrons. The van der Waals surface area contributed by atoms with Crippen LogP contribution in [0.25, 0.3) is 0 Å². The molecule has 3 nitrogen and oxygen atoms in total. The minimum Gasteiger partial charge on any atom is -0.350 e. The van der Waals surface area contributed by atoms with E-state index in [2.05, 4.69) is 25.7 Å². The Hall–Kier alpha value is -0.510. The molecular weight excluding hydrogens is 316 g/mol. The summed E-state index contributed by atoms with van der Waals surface area (Å²) in [5.74, 6) is 3.58. The first-order valence-corrected chi connectivity index (χ1v) is 10.8. The van der Waals surface area contributed by atoms with Crippen molar-refractivity contribution in [3.05, 3.63) is 0 Å². The predicted octanol–water partition coefficient (Wildman–Crippen LogP) is 4.57. The highest BCUT2D eigenvalue weighted by Gasteiger charge is 2.51. The molecule has 0 radical (unpaired) electrons. The summed E-state index contributed by atoms with van der Waals surface area (Å²) in [7, 11) is 0. The van der Waals surface area contributed by atoms with Crippen molar-refractivity contribution in [2.45, 2.75) is 70.5 Å². The van der Waals surface area contributed by atoms with Gasteiger partial charge in [0.1, 0.15) is 0 Å². The van der Waals surface area contributed by atoms with Crippen molar-refractivity contribution < 1.29 is 4.79 Å². The van der Waals surface area contributed by atoms with E-state index >= 15 is 0 Å². The van der Waals surface area contributed by atoms with Crippen LogP contribution < -0.4 is 0 Å². The summed E-state index contributed by atoms with van der Waals surface area (Å²) in [5.41, 5.74) is 0. The number of carbonyl (C=O) groups is 1. The van der Waals surface area contributed by atoms with Gasteiger partial charge in [-0.1, -0.05) is 25.1 Å². The third-order valence-corrected chi connectivity index (χ3v) is 7.92. The van der Waals surface area contributed by atoms with Crippen LogP contribution in [0.4, 0.5) is 0 Å². The van der Waals surface area contributed by atoms with E-state index in [0.717, 1.165) is 30.1 Å². The second-order valence-electron chi connectivity index (χ2n) is 9.33. The van der Waals surface area contributed by atoms with E-state index in [1.54, 1.807) is 0 Å². The van der Waals surface area contributed by atoms with E-state index < -0.39 is 0 Å². The summed E-state index contributed by atoms with van der Waals surface area (Å²) < 4.78 is 0.177. The second-order valence-corrected chi connectivity index (χ2v) is 11.0. The number of carbonyl (C=O) groups excluding carboxylic acids is 1. The number of rotatable bonds is 4. The summed E-state index contributed by atoms with van der Waals surface area (Å²) in [5, 5.41) is 1.01. The number of hydrogen-bond acceptors (Lipinski definition) is 2. The molecule has 0 aromatic heterocycles. The molecule has 1 amide bonds. The molecule has 24 heavy (non-hydrogen) atoms. The van der Waals surface area contributed by atoms with Gasteiger partial charge in [-0.3, -0.25) is 4.79 Å². The molecule has 4 saturated carbocycles. The highest BCUT2D eigenvalue weighted by Crippen LogP contribution is 2.56. The third-order valence-electron chi connectivity index (χ3n) is 6.71. The van der Waals surface area contributed by atoms with Crippen LogP contribution in [0.2, 0.25) is 0 Å². The van der Waals surface area contributed by atoms with Crippen LogP contribution in [0.15, 0.2) is 4.99 Å². The lowest BCUT2D eigenvalue weighted by Crippen LogP contribution is -2.47. The van der Waals surface area contributed by atoms with E-state index in [-0.39, 0.29) is 16.6 Å². The molecule has 0 unspecified atom stereocenters. The molecule has 4 heteroatoms. The Kier molecular flexibility index (Phi) is 4.47. The van der Waals surface area contributed by atoms with Crippen molar-refractivity contribution in [2.24, 2.45) is 34.6 Å². The molecule has 1 heterocycles. The number of aliphatic imine (C=N–C) groups is 1. The highest BCUT2D eigenvalue weighted by atomic mass is 32.2. The van der Waals surface area contributed by atoms with Crippen LogP contribution in [0, 0.1) is 29.6 Å². The minimum absolute atomic E-state index is 0.177. The van der Waals surface area contributed by atoms with Crippen molar-refractivity contribution in [1.82, 2.24) is 4.90 Å². The van der Waals surface area contributed by atoms with Crippen LogP contribution in [-0.2, 0) is 4.79 Å². The van der Waals surface area contributed by atoms with Crippen molar-refractivity contribution in [1.29, 1.82) is 0 Å². The molecule has 1 saturated heterocycles. The number of unbranched alkanes of at least 4 members (excludes halogenated alkanes) is 1. The molecule has 5 rings (SSSR count). The van der Waals surface area contributed by atoms with E-state index in [4.69, 9.17) is 4.99 Å². The lowest BCUT2D eigenvalue weighted by Gasteiger charge is -2.53. The molecule has 5 aliphatic rings. The second kappa shape index (κ2) is 6.34. The average Bonchev–Trinajstić information content (AvgIpc) is 2.77. The number of amidine groups is 1. The topological polar surface area (TPSA) is 32.7 Å². The zero-order chi connectivity index (χ0) is 16.9. The van der Waals surface area contributed by atoms with Gasteiger partial charge in [-0.25, -0.2) is 0 Å². The van der Waals surface area contributed by atoms with E-state index in [9.17, 15) is 4.79 Å². The van der Waals surface area contributed by atoms with Gasteiger partial charge in [0.25, 0.3) is 5.91 Å². The predicted molar refractivity (Wildman–Crippen MR) is 101 cm³/mol. The van der Waals surface area contributed by atoms with Crippen LogP contribution in [0.1, 0.15) is 65.7 Å². The van der Waals surface area contributed by atoms with Gasteiger partial charge in [-0.15, -0.1) is 0 Å². The van der Waals surface area contributed by atoms with Gasteiger partial charge in [-0.05, 0) is 76.0 Å². The Morgan fingerprint density at radius 3 is 2.38 bits per heavy atom. The van der Waals surface area contributed by atoms with Gasteiger partial charge in [-0.2, -0.15) is 4.99 Å². The number of nitrogens with zero attached hydrogens (tertiary/aromatic N) is 2. The van der Waals surface area contributed by atoms with Gasteiger partial charge >= 0.3 is 0 Å². The van der Waals surface area contributed by atoms with Crippen molar-refractivity contribution in [3.63, 3.8) is 0 Å². The first-order valence-electron chi connectivity index (χ1n) is 10.0. The van der Waals surface area contributed by atoms with Crippen molar-refractivity contribution >= 4 is 22.8 Å². The highest BCUT2D eigenvalue weighted by molar-refractivity contribution is 8.15. The van der Waals surface area contributed by atoms with Crippen LogP contribution >= 0.6 is 11.8 Å². The van der Waals surface area contributed by atoms with Gasteiger partial charge in [0.15, 0.2) is 5.17 Å². The van der Waals surface area contributed by atoms with Crippen LogP contribution in [-0.4, -0.2) is 33.8 Å². The van der Waals surface area contributed by atoms with Gasteiger partial charge in [0, 0.05) is 23.8 Å². The van der Waals surface area contributed by atoms with Crippen molar-refractivity contribution in [3.8, 4) is 0 Å². The summed E-state index contributed by atoms with van der Waals surface area (Å²) in [6.45, 7) is 8.83. The molecule has 4 bridgehead atoms. The minimum atomic E-state index is 0.177. The Labute approximate surface area is 151 Å². The van der Waals surface area contributed by atoms with E-state index in [1.807, 2.05) is 11.8 Å². The first kappa shape index (κ1) is 16.9. The molecule has 0 atom stereocenters. The van der Waals surface area contributed by atoms with E-state index in [0.29, 0.717) is 11.8 Å². The van der Waals surface area contributed by atoms with E-state index in [1.165, 1.54) is 44.9 Å². The Morgan fingerprint density at radius 1 is 1.17 bits per heavy atom. The summed E-state index contributed by atoms with van der Waals surface area (Å²) in [6.07, 6.45) is 9.01. The largest absolute Gasteiger partial charge is 0.350 e. The molecule has 0 aromatic carbocycles. The fourth-order valence-corrected chi connectivity index (χ4v) is 7.12. The molecule has 5 fully saturated rings. The first-order chi connectivity index (χ1) is 11.4. The molecular formula is C20H32N2OS. The van der Waals surface area contributed by atoms with Crippen molar-refractivity contribution in [2.75, 3.05) is 13.1 Å². The molecule has 4 aliphatic carbocycles. The Morgan fingerprint density at radius 2 is 1.79 bits per heavy atom. The number of thioether (sulfide) groups is 1. The monoisotopic (exact) mass is 348 g/mol. The fraction of sp³-hybridized carbons (Fsp3) is 0.900. The normalized spacial score (nSPS) is 41.4. The standard InChI is InChI=1S/C20H32N2OS/c1-4-5-6-22-12-20(2,3)24-19(22)21-18(23)17-15-8-13-7-14(10-15)11-16(17)9-13/h13-17H,4-12H2,1-3H3. The lowest BCUT2D eigenvalue weighted by atomic mass is 9.52. The number of amides is 1. The SMILES string of the molecule is CCCCN1CC(C)(C)SC1=NC(=O)C1C2CC3CC(C2)CC1C3. The van der Waals surface area contributed by atoms with Crippen LogP contribution in [0.3, 0.4) is 0 Å². The maximum absolute atomic E-state index is 13.1. The molecule has 0 spiro atoms. The fourth-order valence-electron chi connectivity index (χ4n) is 5.99. The number of hydrogen-bond donors (Lipinski definition) is 0.